The number of carbonyl (C=O) groups excluding carboxylic acids is 1. The molecule has 0 spiro atoms. The lowest BCUT2D eigenvalue weighted by molar-refractivity contribution is -0.137. The van der Waals surface area contributed by atoms with E-state index in [2.05, 4.69) is 15.9 Å². The molecule has 1 N–H and O–H groups in total. The van der Waals surface area contributed by atoms with Crippen LogP contribution in [0.4, 0.5) is 13.2 Å². The number of amides is 1. The summed E-state index contributed by atoms with van der Waals surface area (Å²) in [4.78, 5) is 11.5. The molecule has 0 aliphatic heterocycles. The second kappa shape index (κ2) is 7.19. The Morgan fingerprint density at radius 2 is 2.05 bits per heavy atom. The van der Waals surface area contributed by atoms with Crippen molar-refractivity contribution in [3.8, 4) is 0 Å². The molecule has 0 fully saturated rings. The molecule has 1 unspecified atom stereocenters. The van der Waals surface area contributed by atoms with Crippen LogP contribution in [0.1, 0.15) is 12.5 Å². The average Bonchev–Trinajstić information content (AvgIpc) is 2.33. The molecule has 0 bridgehead atoms. The number of halogens is 4. The van der Waals surface area contributed by atoms with Gasteiger partial charge in [0.25, 0.3) is 0 Å². The fraction of sp³-hybridized carbons (Fsp3) is 0.417. The van der Waals surface area contributed by atoms with Gasteiger partial charge in [0.2, 0.25) is 5.91 Å². The van der Waals surface area contributed by atoms with Crippen LogP contribution < -0.4 is 5.32 Å². The van der Waals surface area contributed by atoms with Crippen molar-refractivity contribution >= 4 is 33.6 Å². The largest absolute Gasteiger partial charge is 0.405 e. The predicted octanol–water partition coefficient (Wildman–Crippen LogP) is 3.75. The van der Waals surface area contributed by atoms with Gasteiger partial charge in [0, 0.05) is 10.2 Å². The zero-order valence-electron chi connectivity index (χ0n) is 10.1. The molecular formula is C12H13BrF3NOS. The highest BCUT2D eigenvalue weighted by Gasteiger charge is 2.28. The number of alkyl halides is 3. The maximum Gasteiger partial charge on any atom is 0.405 e. The predicted molar refractivity (Wildman–Crippen MR) is 74.0 cm³/mol. The normalized spacial score (nSPS) is 13.1. The van der Waals surface area contributed by atoms with Gasteiger partial charge in [0.05, 0.1) is 5.25 Å². The van der Waals surface area contributed by atoms with Crippen LogP contribution in [0.15, 0.2) is 28.7 Å². The van der Waals surface area contributed by atoms with Crippen LogP contribution >= 0.6 is 27.7 Å². The maximum absolute atomic E-state index is 12.0. The Bertz CT molecular complexity index is 439. The minimum absolute atomic E-state index is 0.533. The number of hydrogen-bond donors (Lipinski definition) is 1. The van der Waals surface area contributed by atoms with E-state index in [0.717, 1.165) is 10.0 Å². The number of thioether (sulfide) groups is 1. The van der Waals surface area contributed by atoms with Gasteiger partial charge in [-0.15, -0.1) is 11.8 Å². The Kier molecular flexibility index (Phi) is 6.19. The zero-order chi connectivity index (χ0) is 14.5. The Labute approximate surface area is 122 Å². The van der Waals surface area contributed by atoms with Crippen LogP contribution in [0.2, 0.25) is 0 Å². The molecular weight excluding hydrogens is 343 g/mol. The van der Waals surface area contributed by atoms with Crippen molar-refractivity contribution in [2.24, 2.45) is 0 Å². The fourth-order valence-electron chi connectivity index (χ4n) is 1.24. The molecule has 7 heteroatoms. The molecule has 1 aromatic rings. The van der Waals surface area contributed by atoms with Crippen LogP contribution in [0, 0.1) is 0 Å². The summed E-state index contributed by atoms with van der Waals surface area (Å²) in [5.74, 6) is -0.0449. The average molecular weight is 356 g/mol. The van der Waals surface area contributed by atoms with Gasteiger partial charge < -0.3 is 5.32 Å². The van der Waals surface area contributed by atoms with Gasteiger partial charge in [-0.3, -0.25) is 4.79 Å². The third-order valence-corrected chi connectivity index (χ3v) is 4.24. The lowest BCUT2D eigenvalue weighted by atomic mass is 10.2. The monoisotopic (exact) mass is 355 g/mol. The molecule has 0 aliphatic carbocycles. The van der Waals surface area contributed by atoms with Crippen molar-refractivity contribution in [1.29, 1.82) is 0 Å². The van der Waals surface area contributed by atoms with Crippen LogP contribution in [0.25, 0.3) is 0 Å². The minimum Gasteiger partial charge on any atom is -0.346 e. The van der Waals surface area contributed by atoms with Gasteiger partial charge in [-0.2, -0.15) is 13.2 Å². The fourth-order valence-corrected chi connectivity index (χ4v) is 2.76. The van der Waals surface area contributed by atoms with Crippen molar-refractivity contribution in [3.05, 3.63) is 34.3 Å². The van der Waals surface area contributed by atoms with Gasteiger partial charge in [-0.05, 0) is 18.6 Å². The SMILES string of the molecule is CC(SCc1ccccc1Br)C(=O)NCC(F)(F)F. The second-order valence-corrected chi connectivity index (χ2v) is 6.06. The molecule has 1 atom stereocenters. The summed E-state index contributed by atoms with van der Waals surface area (Å²) in [7, 11) is 0. The van der Waals surface area contributed by atoms with Crippen molar-refractivity contribution < 1.29 is 18.0 Å². The Balaban J connectivity index is 2.41. The van der Waals surface area contributed by atoms with E-state index in [1.54, 1.807) is 6.92 Å². The summed E-state index contributed by atoms with van der Waals surface area (Å²) >= 11 is 4.67. The van der Waals surface area contributed by atoms with E-state index in [1.165, 1.54) is 11.8 Å². The number of rotatable bonds is 5. The molecule has 1 aromatic carbocycles. The Morgan fingerprint density at radius 3 is 2.63 bits per heavy atom. The van der Waals surface area contributed by atoms with E-state index >= 15 is 0 Å². The molecule has 19 heavy (non-hydrogen) atoms. The summed E-state index contributed by atoms with van der Waals surface area (Å²) in [6.07, 6.45) is -4.37. The van der Waals surface area contributed by atoms with Crippen molar-refractivity contribution in [2.45, 2.75) is 24.1 Å². The van der Waals surface area contributed by atoms with E-state index < -0.39 is 23.9 Å². The second-order valence-electron chi connectivity index (χ2n) is 3.88. The number of benzene rings is 1. The van der Waals surface area contributed by atoms with Crippen LogP contribution in [-0.2, 0) is 10.5 Å². The molecule has 0 aliphatic rings. The zero-order valence-corrected chi connectivity index (χ0v) is 12.5. The quantitative estimate of drug-likeness (QED) is 0.871. The molecule has 1 amide bonds. The Hall–Kier alpha value is -0.690. The standard InChI is InChI=1S/C12H13BrF3NOS/c1-8(11(18)17-7-12(14,15)16)19-6-9-4-2-3-5-10(9)13/h2-5,8H,6-7H2,1H3,(H,17,18). The lowest BCUT2D eigenvalue weighted by Gasteiger charge is -2.13. The molecule has 0 radical (unpaired) electrons. The smallest absolute Gasteiger partial charge is 0.346 e. The van der Waals surface area contributed by atoms with E-state index in [4.69, 9.17) is 0 Å². The number of nitrogens with one attached hydrogen (secondary N) is 1. The number of hydrogen-bond acceptors (Lipinski definition) is 2. The Morgan fingerprint density at radius 1 is 1.42 bits per heavy atom. The summed E-state index contributed by atoms with van der Waals surface area (Å²) in [5.41, 5.74) is 1.00. The molecule has 2 nitrogen and oxygen atoms in total. The highest BCUT2D eigenvalue weighted by Crippen LogP contribution is 2.24. The number of carbonyl (C=O) groups is 1. The molecule has 1 rings (SSSR count). The first-order valence-electron chi connectivity index (χ1n) is 5.49. The van der Waals surface area contributed by atoms with Gasteiger partial charge in [-0.25, -0.2) is 0 Å². The third kappa shape index (κ3) is 6.33. The van der Waals surface area contributed by atoms with E-state index in [0.29, 0.717) is 5.75 Å². The first-order chi connectivity index (χ1) is 8.79. The van der Waals surface area contributed by atoms with Gasteiger partial charge in [0.15, 0.2) is 0 Å². The highest BCUT2D eigenvalue weighted by molar-refractivity contribution is 9.10. The van der Waals surface area contributed by atoms with Crippen LogP contribution in [0.5, 0.6) is 0 Å². The van der Waals surface area contributed by atoms with Crippen LogP contribution in [-0.4, -0.2) is 23.9 Å². The summed E-state index contributed by atoms with van der Waals surface area (Å²) in [5, 5.41) is 1.34. The maximum atomic E-state index is 12.0. The summed E-state index contributed by atoms with van der Waals surface area (Å²) in [6, 6.07) is 7.52. The lowest BCUT2D eigenvalue weighted by Crippen LogP contribution is -2.38. The van der Waals surface area contributed by atoms with Crippen molar-refractivity contribution in [1.82, 2.24) is 5.32 Å². The first-order valence-corrected chi connectivity index (χ1v) is 7.33. The topological polar surface area (TPSA) is 29.1 Å². The molecule has 0 saturated carbocycles. The van der Waals surface area contributed by atoms with Gasteiger partial charge >= 0.3 is 6.18 Å². The summed E-state index contributed by atoms with van der Waals surface area (Å²) in [6.45, 7) is 0.305. The summed E-state index contributed by atoms with van der Waals surface area (Å²) < 4.78 is 36.8. The van der Waals surface area contributed by atoms with Crippen LogP contribution in [0.3, 0.4) is 0 Å². The minimum atomic E-state index is -4.37. The van der Waals surface area contributed by atoms with Crippen molar-refractivity contribution in [3.63, 3.8) is 0 Å². The van der Waals surface area contributed by atoms with E-state index in [1.807, 2.05) is 29.6 Å². The molecule has 0 aromatic heterocycles. The molecule has 0 saturated heterocycles. The van der Waals surface area contributed by atoms with Gasteiger partial charge in [0.1, 0.15) is 6.54 Å². The van der Waals surface area contributed by atoms with E-state index in [9.17, 15) is 18.0 Å². The van der Waals surface area contributed by atoms with Crippen molar-refractivity contribution in [2.75, 3.05) is 6.54 Å². The first kappa shape index (κ1) is 16.4. The molecule has 0 heterocycles. The highest BCUT2D eigenvalue weighted by atomic mass is 79.9. The molecule has 106 valence electrons. The van der Waals surface area contributed by atoms with E-state index in [-0.39, 0.29) is 0 Å². The third-order valence-electron chi connectivity index (χ3n) is 2.28. The van der Waals surface area contributed by atoms with Gasteiger partial charge in [-0.1, -0.05) is 34.1 Å².